The van der Waals surface area contributed by atoms with Crippen molar-refractivity contribution in [3.8, 4) is 0 Å². The van der Waals surface area contributed by atoms with Gasteiger partial charge in [-0.15, -0.1) is 0 Å². The molecule has 0 aliphatic rings. The van der Waals surface area contributed by atoms with Crippen LogP contribution in [0.4, 0.5) is 0 Å². The third-order valence-electron chi connectivity index (χ3n) is 2.18. The lowest BCUT2D eigenvalue weighted by atomic mass is 10.2. The Labute approximate surface area is 99.1 Å². The van der Waals surface area contributed by atoms with Gasteiger partial charge in [0.2, 0.25) is 0 Å². The molecular formula is C10H7BrN2O3. The van der Waals surface area contributed by atoms with E-state index in [-0.39, 0.29) is 0 Å². The average molecular weight is 283 g/mol. The fourth-order valence-corrected chi connectivity index (χ4v) is 2.12. The zero-order valence-corrected chi connectivity index (χ0v) is 9.89. The van der Waals surface area contributed by atoms with Gasteiger partial charge in [0.05, 0.1) is 34.4 Å². The van der Waals surface area contributed by atoms with E-state index in [1.165, 1.54) is 17.8 Å². The lowest BCUT2D eigenvalue weighted by molar-refractivity contribution is 0.0599. The first-order chi connectivity index (χ1) is 7.69. The standard InChI is InChI=1S/C10H7BrN2O3/c1-16-10(15)7-2-3-13-9(8(7)11)6(5-14)4-12-13/h2-5H,1H3. The SMILES string of the molecule is COC(=O)c1ccn2ncc(C=O)c2c1Br. The van der Waals surface area contributed by atoms with Crippen LogP contribution in [0, 0.1) is 0 Å². The molecule has 0 amide bonds. The highest BCUT2D eigenvalue weighted by Crippen LogP contribution is 2.25. The van der Waals surface area contributed by atoms with Crippen molar-refractivity contribution in [3.63, 3.8) is 0 Å². The molecule has 0 unspecified atom stereocenters. The molecule has 0 aliphatic carbocycles. The van der Waals surface area contributed by atoms with Crippen LogP contribution in [-0.2, 0) is 4.74 Å². The maximum absolute atomic E-state index is 11.4. The fourth-order valence-electron chi connectivity index (χ4n) is 1.42. The number of pyridine rings is 1. The van der Waals surface area contributed by atoms with Crippen molar-refractivity contribution in [2.75, 3.05) is 7.11 Å². The molecule has 2 aromatic heterocycles. The Morgan fingerprint density at radius 2 is 2.38 bits per heavy atom. The Morgan fingerprint density at radius 1 is 1.62 bits per heavy atom. The third-order valence-corrected chi connectivity index (χ3v) is 2.99. The molecule has 0 saturated heterocycles. The number of nitrogens with zero attached hydrogens (tertiary/aromatic N) is 2. The molecule has 5 nitrogen and oxygen atoms in total. The van der Waals surface area contributed by atoms with Crippen LogP contribution in [0.5, 0.6) is 0 Å². The van der Waals surface area contributed by atoms with E-state index in [0.29, 0.717) is 27.4 Å². The first-order valence-electron chi connectivity index (χ1n) is 4.38. The van der Waals surface area contributed by atoms with Gasteiger partial charge in [-0.05, 0) is 22.0 Å². The van der Waals surface area contributed by atoms with Crippen LogP contribution >= 0.6 is 15.9 Å². The van der Waals surface area contributed by atoms with E-state index in [9.17, 15) is 9.59 Å². The third kappa shape index (κ3) is 1.51. The highest BCUT2D eigenvalue weighted by molar-refractivity contribution is 9.10. The second kappa shape index (κ2) is 4.05. The summed E-state index contributed by atoms with van der Waals surface area (Å²) in [5.74, 6) is -0.465. The van der Waals surface area contributed by atoms with Crippen LogP contribution in [-0.4, -0.2) is 29.0 Å². The summed E-state index contributed by atoms with van der Waals surface area (Å²) in [5.41, 5.74) is 1.33. The van der Waals surface area contributed by atoms with Gasteiger partial charge in [-0.1, -0.05) is 0 Å². The number of methoxy groups -OCH3 is 1. The van der Waals surface area contributed by atoms with E-state index >= 15 is 0 Å². The van der Waals surface area contributed by atoms with Gasteiger partial charge >= 0.3 is 5.97 Å². The molecule has 0 N–H and O–H groups in total. The van der Waals surface area contributed by atoms with Gasteiger partial charge in [-0.2, -0.15) is 5.10 Å². The Kier molecular flexibility index (Phi) is 2.74. The van der Waals surface area contributed by atoms with Gasteiger partial charge in [0, 0.05) is 6.20 Å². The molecule has 16 heavy (non-hydrogen) atoms. The first-order valence-corrected chi connectivity index (χ1v) is 5.17. The van der Waals surface area contributed by atoms with E-state index in [0.717, 1.165) is 0 Å². The number of carbonyl (C=O) groups is 2. The number of carbonyl (C=O) groups excluding carboxylic acids is 2. The van der Waals surface area contributed by atoms with Crippen LogP contribution < -0.4 is 0 Å². The van der Waals surface area contributed by atoms with Crippen LogP contribution in [0.3, 0.4) is 0 Å². The summed E-state index contributed by atoms with van der Waals surface area (Å²) in [6, 6.07) is 1.57. The highest BCUT2D eigenvalue weighted by atomic mass is 79.9. The lowest BCUT2D eigenvalue weighted by Gasteiger charge is -2.04. The van der Waals surface area contributed by atoms with Crippen molar-refractivity contribution in [2.45, 2.75) is 0 Å². The Hall–Kier alpha value is -1.69. The molecule has 0 atom stereocenters. The molecule has 6 heteroatoms. The largest absolute Gasteiger partial charge is 0.465 e. The predicted molar refractivity (Wildman–Crippen MR) is 59.6 cm³/mol. The number of hydrogen-bond acceptors (Lipinski definition) is 4. The van der Waals surface area contributed by atoms with Crippen molar-refractivity contribution in [3.05, 3.63) is 34.1 Å². The summed E-state index contributed by atoms with van der Waals surface area (Å²) in [4.78, 5) is 22.2. The summed E-state index contributed by atoms with van der Waals surface area (Å²) in [7, 11) is 1.30. The van der Waals surface area contributed by atoms with Crippen LogP contribution in [0.1, 0.15) is 20.7 Å². The molecule has 0 spiro atoms. The number of aldehydes is 1. The summed E-state index contributed by atoms with van der Waals surface area (Å²) in [5, 5.41) is 3.98. The zero-order chi connectivity index (χ0) is 11.7. The van der Waals surface area contributed by atoms with E-state index in [2.05, 4.69) is 25.8 Å². The molecule has 0 bridgehead atoms. The number of hydrogen-bond donors (Lipinski definition) is 0. The minimum Gasteiger partial charge on any atom is -0.465 e. The maximum Gasteiger partial charge on any atom is 0.339 e. The Balaban J connectivity index is 2.76. The normalized spacial score (nSPS) is 10.4. The van der Waals surface area contributed by atoms with E-state index in [1.807, 2.05) is 0 Å². The van der Waals surface area contributed by atoms with Gasteiger partial charge in [0.15, 0.2) is 6.29 Å². The molecule has 2 rings (SSSR count). The van der Waals surface area contributed by atoms with Crippen molar-refractivity contribution < 1.29 is 14.3 Å². The molecule has 82 valence electrons. The number of halogens is 1. The smallest absolute Gasteiger partial charge is 0.339 e. The van der Waals surface area contributed by atoms with Crippen LogP contribution in [0.25, 0.3) is 5.52 Å². The van der Waals surface area contributed by atoms with Gasteiger partial charge in [0.1, 0.15) is 0 Å². The number of ether oxygens (including phenoxy) is 1. The topological polar surface area (TPSA) is 60.7 Å². The van der Waals surface area contributed by atoms with E-state index in [4.69, 9.17) is 0 Å². The second-order valence-corrected chi connectivity index (χ2v) is 3.84. The van der Waals surface area contributed by atoms with Crippen LogP contribution in [0.2, 0.25) is 0 Å². The molecular weight excluding hydrogens is 276 g/mol. The molecule has 0 fully saturated rings. The molecule has 0 saturated carbocycles. The summed E-state index contributed by atoms with van der Waals surface area (Å²) >= 11 is 3.27. The quantitative estimate of drug-likeness (QED) is 0.621. The van der Waals surface area contributed by atoms with Crippen molar-refractivity contribution in [1.29, 1.82) is 0 Å². The molecule has 2 heterocycles. The highest BCUT2D eigenvalue weighted by Gasteiger charge is 2.16. The van der Waals surface area contributed by atoms with Gasteiger partial charge in [0.25, 0.3) is 0 Å². The maximum atomic E-state index is 11.4. The van der Waals surface area contributed by atoms with E-state index in [1.54, 1.807) is 12.3 Å². The monoisotopic (exact) mass is 282 g/mol. The zero-order valence-electron chi connectivity index (χ0n) is 8.31. The fraction of sp³-hybridized carbons (Fsp3) is 0.100. The van der Waals surface area contributed by atoms with Crippen LogP contribution in [0.15, 0.2) is 22.9 Å². The number of esters is 1. The van der Waals surface area contributed by atoms with Gasteiger partial charge in [-0.25, -0.2) is 9.31 Å². The number of aromatic nitrogens is 2. The summed E-state index contributed by atoms with van der Waals surface area (Å²) in [6.45, 7) is 0. The Bertz CT molecular complexity index is 577. The van der Waals surface area contributed by atoms with Crippen molar-refractivity contribution >= 4 is 33.7 Å². The average Bonchev–Trinajstić information content (AvgIpc) is 2.72. The van der Waals surface area contributed by atoms with E-state index < -0.39 is 5.97 Å². The minimum atomic E-state index is -0.465. The number of rotatable bonds is 2. The summed E-state index contributed by atoms with van der Waals surface area (Å²) < 4.78 is 6.64. The predicted octanol–water partition coefficient (Wildman–Crippen LogP) is 1.70. The summed E-state index contributed by atoms with van der Waals surface area (Å²) in [6.07, 6.45) is 3.72. The molecule has 0 aromatic carbocycles. The lowest BCUT2D eigenvalue weighted by Crippen LogP contribution is -2.04. The first kappa shape index (κ1) is 10.8. The van der Waals surface area contributed by atoms with Gasteiger partial charge in [-0.3, -0.25) is 4.79 Å². The molecule has 0 aliphatic heterocycles. The minimum absolute atomic E-state index is 0.360. The van der Waals surface area contributed by atoms with Crippen molar-refractivity contribution in [2.24, 2.45) is 0 Å². The number of fused-ring (bicyclic) bond motifs is 1. The Morgan fingerprint density at radius 3 is 3.00 bits per heavy atom. The molecule has 0 radical (unpaired) electrons. The van der Waals surface area contributed by atoms with Gasteiger partial charge < -0.3 is 4.74 Å². The van der Waals surface area contributed by atoms with Crippen molar-refractivity contribution in [1.82, 2.24) is 9.61 Å². The second-order valence-electron chi connectivity index (χ2n) is 3.05. The molecule has 2 aromatic rings.